The van der Waals surface area contributed by atoms with Crippen LogP contribution in [0.15, 0.2) is 23.1 Å². The predicted octanol–water partition coefficient (Wildman–Crippen LogP) is 1.64. The Hall–Kier alpha value is -1.23. The van der Waals surface area contributed by atoms with Crippen molar-refractivity contribution in [1.82, 2.24) is 0 Å². The first-order valence-electron chi connectivity index (χ1n) is 5.14. The van der Waals surface area contributed by atoms with Gasteiger partial charge in [-0.25, -0.2) is 8.42 Å². The molecular formula is C11H14O4S. The summed E-state index contributed by atoms with van der Waals surface area (Å²) >= 11 is 0. The van der Waals surface area contributed by atoms with E-state index >= 15 is 0 Å². The zero-order valence-corrected chi connectivity index (χ0v) is 10.1. The number of sulfone groups is 1. The molecule has 4 nitrogen and oxygen atoms in total. The molecule has 0 fully saturated rings. The highest BCUT2D eigenvalue weighted by atomic mass is 32.2. The number of benzene rings is 1. The van der Waals surface area contributed by atoms with Crippen LogP contribution in [0.4, 0.5) is 0 Å². The molecule has 0 aliphatic carbocycles. The molecule has 1 aromatic rings. The van der Waals surface area contributed by atoms with Crippen molar-refractivity contribution in [3.63, 3.8) is 0 Å². The van der Waals surface area contributed by atoms with Crippen LogP contribution in [0.1, 0.15) is 13.3 Å². The molecule has 1 heterocycles. The third-order valence-corrected chi connectivity index (χ3v) is 3.63. The van der Waals surface area contributed by atoms with Crippen molar-refractivity contribution in [3.05, 3.63) is 18.2 Å². The summed E-state index contributed by atoms with van der Waals surface area (Å²) in [7, 11) is -3.19. The minimum Gasteiger partial charge on any atom is -0.486 e. The molecule has 0 spiro atoms. The minimum atomic E-state index is -3.19. The van der Waals surface area contributed by atoms with Gasteiger partial charge in [0, 0.05) is 12.3 Å². The topological polar surface area (TPSA) is 52.6 Å². The van der Waals surface area contributed by atoms with Crippen LogP contribution >= 0.6 is 0 Å². The standard InChI is InChI=1S/C11H14O4S/c1-3-8-7-14-11-6-9(16(2,12)13)4-5-10(11)15-8/h4-6,8H,3,7H2,1-2H3. The van der Waals surface area contributed by atoms with E-state index in [9.17, 15) is 8.42 Å². The normalized spacial score (nSPS) is 19.5. The van der Waals surface area contributed by atoms with Crippen molar-refractivity contribution >= 4 is 9.84 Å². The molecule has 5 heteroatoms. The van der Waals surface area contributed by atoms with Gasteiger partial charge in [-0.2, -0.15) is 0 Å². The fourth-order valence-electron chi connectivity index (χ4n) is 1.53. The Balaban J connectivity index is 2.35. The highest BCUT2D eigenvalue weighted by molar-refractivity contribution is 7.90. The Bertz CT molecular complexity index is 493. The molecule has 0 N–H and O–H groups in total. The molecule has 0 amide bonds. The van der Waals surface area contributed by atoms with Crippen molar-refractivity contribution in [3.8, 4) is 11.5 Å². The lowest BCUT2D eigenvalue weighted by atomic mass is 10.2. The highest BCUT2D eigenvalue weighted by Crippen LogP contribution is 2.34. The second-order valence-electron chi connectivity index (χ2n) is 3.84. The van der Waals surface area contributed by atoms with Crippen molar-refractivity contribution in [2.24, 2.45) is 0 Å². The lowest BCUT2D eigenvalue weighted by Crippen LogP contribution is -2.28. The maximum Gasteiger partial charge on any atom is 0.175 e. The summed E-state index contributed by atoms with van der Waals surface area (Å²) in [4.78, 5) is 0.254. The van der Waals surface area contributed by atoms with Crippen LogP contribution in [0.25, 0.3) is 0 Å². The number of fused-ring (bicyclic) bond motifs is 1. The first-order valence-corrected chi connectivity index (χ1v) is 7.03. The Kier molecular flexibility index (Phi) is 2.80. The summed E-state index contributed by atoms with van der Waals surface area (Å²) < 4.78 is 33.8. The molecular weight excluding hydrogens is 228 g/mol. The monoisotopic (exact) mass is 242 g/mol. The van der Waals surface area contributed by atoms with E-state index in [2.05, 4.69) is 0 Å². The first-order chi connectivity index (χ1) is 7.50. The average molecular weight is 242 g/mol. The summed E-state index contributed by atoms with van der Waals surface area (Å²) in [6, 6.07) is 4.69. The van der Waals surface area contributed by atoms with Gasteiger partial charge in [-0.05, 0) is 18.6 Å². The van der Waals surface area contributed by atoms with Gasteiger partial charge in [0.2, 0.25) is 0 Å². The van der Waals surface area contributed by atoms with E-state index in [1.807, 2.05) is 6.92 Å². The molecule has 16 heavy (non-hydrogen) atoms. The minimum absolute atomic E-state index is 0.0524. The Morgan fingerprint density at radius 2 is 2.12 bits per heavy atom. The average Bonchev–Trinajstić information content (AvgIpc) is 2.26. The SMILES string of the molecule is CCC1COc2cc(S(C)(=O)=O)ccc2O1. The summed E-state index contributed by atoms with van der Waals surface area (Å²) in [5.41, 5.74) is 0. The summed E-state index contributed by atoms with van der Waals surface area (Å²) in [5, 5.41) is 0. The zero-order valence-electron chi connectivity index (χ0n) is 9.26. The molecule has 1 aliphatic rings. The molecule has 88 valence electrons. The van der Waals surface area contributed by atoms with Crippen molar-refractivity contribution in [1.29, 1.82) is 0 Å². The number of ether oxygens (including phenoxy) is 2. The summed E-state index contributed by atoms with van der Waals surface area (Å²) in [6.45, 7) is 2.49. The van der Waals surface area contributed by atoms with Crippen LogP contribution < -0.4 is 9.47 Å². The Morgan fingerprint density at radius 3 is 2.75 bits per heavy atom. The summed E-state index contributed by atoms with van der Waals surface area (Å²) in [5.74, 6) is 1.12. The smallest absolute Gasteiger partial charge is 0.175 e. The molecule has 2 rings (SSSR count). The van der Waals surface area contributed by atoms with E-state index in [-0.39, 0.29) is 11.0 Å². The van der Waals surface area contributed by atoms with Crippen LogP contribution in [0.5, 0.6) is 11.5 Å². The Labute approximate surface area is 95.1 Å². The fourth-order valence-corrected chi connectivity index (χ4v) is 2.16. The maximum atomic E-state index is 11.3. The van der Waals surface area contributed by atoms with Crippen LogP contribution in [-0.4, -0.2) is 27.4 Å². The molecule has 1 unspecified atom stereocenters. The lowest BCUT2D eigenvalue weighted by Gasteiger charge is -2.25. The van der Waals surface area contributed by atoms with Crippen LogP contribution in [0.3, 0.4) is 0 Å². The second-order valence-corrected chi connectivity index (χ2v) is 5.86. The van der Waals surface area contributed by atoms with Gasteiger partial charge in [0.15, 0.2) is 21.3 Å². The van der Waals surface area contributed by atoms with Gasteiger partial charge in [0.05, 0.1) is 4.90 Å². The van der Waals surface area contributed by atoms with Gasteiger partial charge < -0.3 is 9.47 Å². The molecule has 0 radical (unpaired) electrons. The first kappa shape index (κ1) is 11.3. The van der Waals surface area contributed by atoms with Crippen LogP contribution in [0, 0.1) is 0 Å². The number of rotatable bonds is 2. The van der Waals surface area contributed by atoms with E-state index < -0.39 is 9.84 Å². The van der Waals surface area contributed by atoms with E-state index in [1.54, 1.807) is 6.07 Å². The van der Waals surface area contributed by atoms with Gasteiger partial charge in [-0.15, -0.1) is 0 Å². The van der Waals surface area contributed by atoms with Crippen molar-refractivity contribution < 1.29 is 17.9 Å². The second kappa shape index (κ2) is 3.97. The fraction of sp³-hybridized carbons (Fsp3) is 0.455. The van der Waals surface area contributed by atoms with Crippen molar-refractivity contribution in [2.45, 2.75) is 24.3 Å². The van der Waals surface area contributed by atoms with E-state index in [0.29, 0.717) is 18.1 Å². The van der Waals surface area contributed by atoms with Crippen LogP contribution in [0.2, 0.25) is 0 Å². The van der Waals surface area contributed by atoms with E-state index in [4.69, 9.17) is 9.47 Å². The molecule has 0 saturated heterocycles. The highest BCUT2D eigenvalue weighted by Gasteiger charge is 2.21. The largest absolute Gasteiger partial charge is 0.486 e. The molecule has 1 aromatic carbocycles. The molecule has 1 aliphatic heterocycles. The van der Waals surface area contributed by atoms with Crippen LogP contribution in [-0.2, 0) is 9.84 Å². The van der Waals surface area contributed by atoms with Gasteiger partial charge in [-0.3, -0.25) is 0 Å². The summed E-state index contributed by atoms with van der Waals surface area (Å²) in [6.07, 6.45) is 2.09. The maximum absolute atomic E-state index is 11.3. The van der Waals surface area contributed by atoms with E-state index in [1.165, 1.54) is 18.4 Å². The van der Waals surface area contributed by atoms with Crippen molar-refractivity contribution in [2.75, 3.05) is 12.9 Å². The quantitative estimate of drug-likeness (QED) is 0.791. The molecule has 0 bridgehead atoms. The Morgan fingerprint density at radius 1 is 1.38 bits per heavy atom. The van der Waals surface area contributed by atoms with Gasteiger partial charge in [0.1, 0.15) is 12.7 Å². The third-order valence-electron chi connectivity index (χ3n) is 2.52. The number of hydrogen-bond donors (Lipinski definition) is 0. The molecule has 0 saturated carbocycles. The number of hydrogen-bond acceptors (Lipinski definition) is 4. The molecule has 0 aromatic heterocycles. The van der Waals surface area contributed by atoms with Gasteiger partial charge >= 0.3 is 0 Å². The third kappa shape index (κ3) is 2.14. The zero-order chi connectivity index (χ0) is 11.8. The van der Waals surface area contributed by atoms with E-state index in [0.717, 1.165) is 6.42 Å². The van der Waals surface area contributed by atoms with Gasteiger partial charge in [0.25, 0.3) is 0 Å². The van der Waals surface area contributed by atoms with Gasteiger partial charge in [-0.1, -0.05) is 6.92 Å². The lowest BCUT2D eigenvalue weighted by molar-refractivity contribution is 0.0881. The molecule has 1 atom stereocenters. The predicted molar refractivity (Wildman–Crippen MR) is 59.8 cm³/mol.